The molecular formula is C20H16N4O. The zero-order valence-corrected chi connectivity index (χ0v) is 13.6. The molecule has 0 radical (unpaired) electrons. The Kier molecular flexibility index (Phi) is 4.09. The average Bonchev–Trinajstić information content (AvgIpc) is 3.15. The van der Waals surface area contributed by atoms with Crippen LogP contribution in [0.5, 0.6) is 5.88 Å². The molecule has 25 heavy (non-hydrogen) atoms. The van der Waals surface area contributed by atoms with Crippen molar-refractivity contribution in [1.82, 2.24) is 15.0 Å². The van der Waals surface area contributed by atoms with Gasteiger partial charge >= 0.3 is 0 Å². The Labute approximate surface area is 146 Å². The lowest BCUT2D eigenvalue weighted by Gasteiger charge is -2.12. The summed E-state index contributed by atoms with van der Waals surface area (Å²) in [7, 11) is 0. The fourth-order valence-electron chi connectivity index (χ4n) is 3.19. The Balaban J connectivity index is 1.66. The number of aryl methyl sites for hydroxylation is 1. The van der Waals surface area contributed by atoms with Gasteiger partial charge in [0.1, 0.15) is 12.9 Å². The molecule has 0 saturated carbocycles. The first-order chi connectivity index (χ1) is 12.3. The molecule has 3 aromatic rings. The van der Waals surface area contributed by atoms with Gasteiger partial charge in [0.15, 0.2) is 0 Å². The van der Waals surface area contributed by atoms with E-state index in [0.29, 0.717) is 18.1 Å². The minimum absolute atomic E-state index is 0.320. The van der Waals surface area contributed by atoms with E-state index in [0.717, 1.165) is 41.6 Å². The molecule has 1 aromatic carbocycles. The van der Waals surface area contributed by atoms with Crippen LogP contribution < -0.4 is 4.74 Å². The maximum Gasteiger partial charge on any atom is 0.214 e. The van der Waals surface area contributed by atoms with E-state index in [4.69, 9.17) is 4.74 Å². The van der Waals surface area contributed by atoms with Gasteiger partial charge in [0.05, 0.1) is 11.6 Å². The van der Waals surface area contributed by atoms with E-state index in [1.165, 1.54) is 11.9 Å². The van der Waals surface area contributed by atoms with Gasteiger partial charge in [-0.2, -0.15) is 5.26 Å². The third kappa shape index (κ3) is 3.07. The standard InChI is InChI=1S/C20H16N4O/c21-9-14-4-1-2-5-15(14)12-25-20-8-18(16-10-22-13-23-11-16)17-6-3-7-19(17)24-20/h1-2,4-5,8,10-11,13H,3,6-7,12H2. The number of fused-ring (bicyclic) bond motifs is 1. The SMILES string of the molecule is N#Cc1ccccc1COc1cc(-c2cncnc2)c2c(n1)CCC2. The van der Waals surface area contributed by atoms with Crippen LogP contribution in [0, 0.1) is 11.3 Å². The molecule has 4 rings (SSSR count). The zero-order valence-electron chi connectivity index (χ0n) is 13.6. The number of hydrogen-bond acceptors (Lipinski definition) is 5. The normalized spacial score (nSPS) is 12.4. The molecule has 1 aliphatic rings. The number of nitrogens with zero attached hydrogens (tertiary/aromatic N) is 4. The van der Waals surface area contributed by atoms with E-state index in [9.17, 15) is 5.26 Å². The molecule has 0 spiro atoms. The van der Waals surface area contributed by atoms with Crippen molar-refractivity contribution in [1.29, 1.82) is 5.26 Å². The highest BCUT2D eigenvalue weighted by Crippen LogP contribution is 2.33. The monoisotopic (exact) mass is 328 g/mol. The molecule has 2 aromatic heterocycles. The van der Waals surface area contributed by atoms with Gasteiger partial charge in [0, 0.05) is 35.3 Å². The number of benzene rings is 1. The van der Waals surface area contributed by atoms with Crippen molar-refractivity contribution < 1.29 is 4.74 Å². The minimum Gasteiger partial charge on any atom is -0.473 e. The first kappa shape index (κ1) is 15.3. The van der Waals surface area contributed by atoms with E-state index in [1.807, 2.05) is 36.7 Å². The second-order valence-electron chi connectivity index (χ2n) is 5.97. The van der Waals surface area contributed by atoms with Crippen LogP contribution in [0.25, 0.3) is 11.1 Å². The number of hydrogen-bond donors (Lipinski definition) is 0. The zero-order chi connectivity index (χ0) is 17.1. The molecule has 1 aliphatic carbocycles. The van der Waals surface area contributed by atoms with E-state index in [-0.39, 0.29) is 0 Å². The van der Waals surface area contributed by atoms with Crippen LogP contribution in [0.2, 0.25) is 0 Å². The summed E-state index contributed by atoms with van der Waals surface area (Å²) in [5.74, 6) is 0.576. The first-order valence-electron chi connectivity index (χ1n) is 8.24. The van der Waals surface area contributed by atoms with Gasteiger partial charge in [-0.1, -0.05) is 18.2 Å². The second-order valence-corrected chi connectivity index (χ2v) is 5.97. The third-order valence-corrected chi connectivity index (χ3v) is 4.41. The van der Waals surface area contributed by atoms with Crippen molar-refractivity contribution in [3.05, 3.63) is 71.4 Å². The fraction of sp³-hybridized carbons (Fsp3) is 0.200. The molecule has 0 aliphatic heterocycles. The molecular weight excluding hydrogens is 312 g/mol. The highest BCUT2D eigenvalue weighted by atomic mass is 16.5. The Bertz CT molecular complexity index is 948. The molecule has 0 saturated heterocycles. The number of aromatic nitrogens is 3. The van der Waals surface area contributed by atoms with Crippen LogP contribution in [-0.2, 0) is 19.4 Å². The van der Waals surface area contributed by atoms with Crippen LogP contribution in [-0.4, -0.2) is 15.0 Å². The fourth-order valence-corrected chi connectivity index (χ4v) is 3.19. The Morgan fingerprint density at radius 1 is 1.12 bits per heavy atom. The third-order valence-electron chi connectivity index (χ3n) is 4.41. The Morgan fingerprint density at radius 2 is 1.96 bits per heavy atom. The molecule has 0 unspecified atom stereocenters. The Hall–Kier alpha value is -3.26. The lowest BCUT2D eigenvalue weighted by atomic mass is 10.0. The lowest BCUT2D eigenvalue weighted by molar-refractivity contribution is 0.293. The Morgan fingerprint density at radius 3 is 2.80 bits per heavy atom. The minimum atomic E-state index is 0.320. The molecule has 0 amide bonds. The quantitative estimate of drug-likeness (QED) is 0.733. The van der Waals surface area contributed by atoms with Crippen molar-refractivity contribution in [2.45, 2.75) is 25.9 Å². The van der Waals surface area contributed by atoms with Crippen molar-refractivity contribution in [3.8, 4) is 23.1 Å². The average molecular weight is 328 g/mol. The van der Waals surface area contributed by atoms with Gasteiger partial charge in [0.25, 0.3) is 0 Å². The van der Waals surface area contributed by atoms with Gasteiger partial charge in [-0.05, 0) is 36.5 Å². The summed E-state index contributed by atoms with van der Waals surface area (Å²) in [6, 6.07) is 11.6. The summed E-state index contributed by atoms with van der Waals surface area (Å²) in [6.07, 6.45) is 8.24. The molecule has 122 valence electrons. The number of nitriles is 1. The highest BCUT2D eigenvalue weighted by molar-refractivity contribution is 5.68. The maximum absolute atomic E-state index is 9.20. The molecule has 5 nitrogen and oxygen atoms in total. The van der Waals surface area contributed by atoms with Gasteiger partial charge in [0.2, 0.25) is 5.88 Å². The second kappa shape index (κ2) is 6.70. The van der Waals surface area contributed by atoms with E-state index < -0.39 is 0 Å². The molecule has 0 N–H and O–H groups in total. The summed E-state index contributed by atoms with van der Waals surface area (Å²) >= 11 is 0. The van der Waals surface area contributed by atoms with Crippen molar-refractivity contribution in [3.63, 3.8) is 0 Å². The summed E-state index contributed by atoms with van der Waals surface area (Å²) in [4.78, 5) is 12.9. The summed E-state index contributed by atoms with van der Waals surface area (Å²) < 4.78 is 5.92. The van der Waals surface area contributed by atoms with Crippen molar-refractivity contribution >= 4 is 0 Å². The first-order valence-corrected chi connectivity index (χ1v) is 8.24. The topological polar surface area (TPSA) is 71.7 Å². The van der Waals surface area contributed by atoms with Gasteiger partial charge in [-0.15, -0.1) is 0 Å². The smallest absolute Gasteiger partial charge is 0.214 e. The van der Waals surface area contributed by atoms with E-state index >= 15 is 0 Å². The molecule has 0 bridgehead atoms. The largest absolute Gasteiger partial charge is 0.473 e. The van der Waals surface area contributed by atoms with Crippen LogP contribution in [0.4, 0.5) is 0 Å². The summed E-state index contributed by atoms with van der Waals surface area (Å²) in [5.41, 5.74) is 5.90. The summed E-state index contributed by atoms with van der Waals surface area (Å²) in [5, 5.41) is 9.20. The maximum atomic E-state index is 9.20. The van der Waals surface area contributed by atoms with Crippen LogP contribution >= 0.6 is 0 Å². The van der Waals surface area contributed by atoms with Crippen molar-refractivity contribution in [2.24, 2.45) is 0 Å². The molecule has 5 heteroatoms. The van der Waals surface area contributed by atoms with Gasteiger partial charge in [-0.3, -0.25) is 0 Å². The number of ether oxygens (including phenoxy) is 1. The van der Waals surface area contributed by atoms with E-state index in [1.54, 1.807) is 6.07 Å². The van der Waals surface area contributed by atoms with Crippen molar-refractivity contribution in [2.75, 3.05) is 0 Å². The summed E-state index contributed by atoms with van der Waals surface area (Å²) in [6.45, 7) is 0.320. The van der Waals surface area contributed by atoms with Crippen LogP contribution in [0.1, 0.15) is 28.8 Å². The lowest BCUT2D eigenvalue weighted by Crippen LogP contribution is -2.02. The number of rotatable bonds is 4. The molecule has 0 atom stereocenters. The molecule has 0 fully saturated rings. The number of pyridine rings is 1. The van der Waals surface area contributed by atoms with Gasteiger partial charge in [-0.25, -0.2) is 15.0 Å². The van der Waals surface area contributed by atoms with E-state index in [2.05, 4.69) is 21.0 Å². The van der Waals surface area contributed by atoms with Crippen LogP contribution in [0.15, 0.2) is 49.1 Å². The highest BCUT2D eigenvalue weighted by Gasteiger charge is 2.19. The van der Waals surface area contributed by atoms with Gasteiger partial charge < -0.3 is 4.74 Å². The van der Waals surface area contributed by atoms with Crippen LogP contribution in [0.3, 0.4) is 0 Å². The predicted molar refractivity (Wildman–Crippen MR) is 92.8 cm³/mol. The predicted octanol–water partition coefficient (Wildman–Crippen LogP) is 3.48. The molecule has 2 heterocycles.